The average molecular weight is 514 g/mol. The minimum Gasteiger partial charge on any atom is -0.332 e. The van der Waals surface area contributed by atoms with Crippen molar-refractivity contribution in [3.63, 3.8) is 0 Å². The molecular formula is C29H40FN3O2S. The van der Waals surface area contributed by atoms with Gasteiger partial charge in [0, 0.05) is 30.9 Å². The summed E-state index contributed by atoms with van der Waals surface area (Å²) in [4.78, 5) is 34.2. The van der Waals surface area contributed by atoms with E-state index in [2.05, 4.69) is 17.9 Å². The summed E-state index contributed by atoms with van der Waals surface area (Å²) in [6.45, 7) is 6.62. The molecule has 1 saturated heterocycles. The number of thiophene rings is 1. The van der Waals surface area contributed by atoms with Crippen LogP contribution in [0.4, 0.5) is 4.39 Å². The summed E-state index contributed by atoms with van der Waals surface area (Å²) in [6, 6.07) is 8.39. The van der Waals surface area contributed by atoms with Crippen LogP contribution < -0.4 is 0 Å². The first-order chi connectivity index (χ1) is 17.5. The zero-order valence-corrected chi connectivity index (χ0v) is 22.4. The summed E-state index contributed by atoms with van der Waals surface area (Å²) < 4.78 is 13.5. The Morgan fingerprint density at radius 3 is 2.36 bits per heavy atom. The Balaban J connectivity index is 1.44. The van der Waals surface area contributed by atoms with Crippen molar-refractivity contribution in [1.82, 2.24) is 14.7 Å². The molecule has 0 atom stereocenters. The van der Waals surface area contributed by atoms with Gasteiger partial charge in [-0.25, -0.2) is 4.39 Å². The minimum absolute atomic E-state index is 0.0530. The van der Waals surface area contributed by atoms with Crippen LogP contribution >= 0.6 is 11.3 Å². The number of hydrogen-bond donors (Lipinski definition) is 0. The third-order valence-electron chi connectivity index (χ3n) is 7.75. The Kier molecular flexibility index (Phi) is 9.93. The Bertz CT molecular complexity index is 981. The second-order valence-electron chi connectivity index (χ2n) is 10.5. The lowest BCUT2D eigenvalue weighted by atomic mass is 10.0. The van der Waals surface area contributed by atoms with Crippen molar-refractivity contribution < 1.29 is 14.0 Å². The molecule has 2 fully saturated rings. The smallest absolute Gasteiger partial charge is 0.242 e. The van der Waals surface area contributed by atoms with E-state index < -0.39 is 0 Å². The zero-order chi connectivity index (χ0) is 25.3. The minimum atomic E-state index is -0.285. The van der Waals surface area contributed by atoms with Crippen LogP contribution in [0.25, 0.3) is 0 Å². The van der Waals surface area contributed by atoms with Crippen LogP contribution in [0.1, 0.15) is 67.4 Å². The third kappa shape index (κ3) is 7.87. The van der Waals surface area contributed by atoms with Gasteiger partial charge in [-0.1, -0.05) is 37.8 Å². The molecule has 4 rings (SSSR count). The molecule has 36 heavy (non-hydrogen) atoms. The summed E-state index contributed by atoms with van der Waals surface area (Å²) in [5, 5.41) is 2.04. The van der Waals surface area contributed by atoms with Gasteiger partial charge in [-0.05, 0) is 79.9 Å². The SMILES string of the molecule is Cc1ccsc1CN(Cc1ccc(F)cc1)C(=O)CN(CCN1CCCC1)C(=O)CCC1CCCC1. The zero-order valence-electron chi connectivity index (χ0n) is 21.6. The fourth-order valence-electron chi connectivity index (χ4n) is 5.39. The number of amides is 2. The van der Waals surface area contributed by atoms with E-state index in [1.807, 2.05) is 10.3 Å². The molecule has 0 spiro atoms. The summed E-state index contributed by atoms with van der Waals surface area (Å²) in [6.07, 6.45) is 8.88. The lowest BCUT2D eigenvalue weighted by Gasteiger charge is -2.29. The molecule has 0 radical (unpaired) electrons. The molecule has 2 heterocycles. The summed E-state index contributed by atoms with van der Waals surface area (Å²) in [5.74, 6) is 0.416. The van der Waals surface area contributed by atoms with Crippen molar-refractivity contribution in [1.29, 1.82) is 0 Å². The Morgan fingerprint density at radius 2 is 1.69 bits per heavy atom. The third-order valence-corrected chi connectivity index (χ3v) is 8.75. The molecule has 2 aromatic rings. The largest absolute Gasteiger partial charge is 0.332 e. The Morgan fingerprint density at radius 1 is 0.972 bits per heavy atom. The second kappa shape index (κ2) is 13.3. The Labute approximate surface area is 219 Å². The van der Waals surface area contributed by atoms with E-state index in [0.717, 1.165) is 42.1 Å². The van der Waals surface area contributed by atoms with Crippen molar-refractivity contribution in [2.24, 2.45) is 5.92 Å². The van der Waals surface area contributed by atoms with Crippen molar-refractivity contribution in [2.45, 2.75) is 71.4 Å². The van der Waals surface area contributed by atoms with Gasteiger partial charge in [0.2, 0.25) is 11.8 Å². The monoisotopic (exact) mass is 513 g/mol. The van der Waals surface area contributed by atoms with Crippen molar-refractivity contribution in [3.05, 3.63) is 57.5 Å². The molecule has 1 aliphatic carbocycles. The van der Waals surface area contributed by atoms with Crippen molar-refractivity contribution in [3.8, 4) is 0 Å². The molecule has 196 valence electrons. The van der Waals surface area contributed by atoms with E-state index >= 15 is 0 Å². The van der Waals surface area contributed by atoms with Gasteiger partial charge in [0.1, 0.15) is 5.82 Å². The fourth-order valence-corrected chi connectivity index (χ4v) is 6.31. The van der Waals surface area contributed by atoms with Gasteiger partial charge in [0.25, 0.3) is 0 Å². The summed E-state index contributed by atoms with van der Waals surface area (Å²) in [5.41, 5.74) is 2.05. The fraction of sp³-hybridized carbons (Fsp3) is 0.586. The van der Waals surface area contributed by atoms with E-state index in [0.29, 0.717) is 32.0 Å². The van der Waals surface area contributed by atoms with Crippen LogP contribution in [0.2, 0.25) is 0 Å². The molecule has 0 N–H and O–H groups in total. The molecule has 5 nitrogen and oxygen atoms in total. The van der Waals surface area contributed by atoms with Crippen LogP contribution in [-0.4, -0.2) is 59.2 Å². The van der Waals surface area contributed by atoms with Crippen LogP contribution in [0.5, 0.6) is 0 Å². The van der Waals surface area contributed by atoms with Crippen LogP contribution in [-0.2, 0) is 22.7 Å². The van der Waals surface area contributed by atoms with Gasteiger partial charge in [0.05, 0.1) is 13.1 Å². The Hall–Kier alpha value is -2.25. The highest BCUT2D eigenvalue weighted by Gasteiger charge is 2.25. The van der Waals surface area contributed by atoms with Gasteiger partial charge >= 0.3 is 0 Å². The highest BCUT2D eigenvalue weighted by Crippen LogP contribution is 2.29. The van der Waals surface area contributed by atoms with E-state index in [9.17, 15) is 14.0 Å². The van der Waals surface area contributed by atoms with E-state index in [1.165, 1.54) is 50.7 Å². The molecule has 0 bridgehead atoms. The van der Waals surface area contributed by atoms with Crippen LogP contribution in [0.3, 0.4) is 0 Å². The lowest BCUT2D eigenvalue weighted by Crippen LogP contribution is -2.45. The molecule has 1 aliphatic heterocycles. The molecule has 7 heteroatoms. The molecule has 2 amide bonds. The molecule has 1 aromatic carbocycles. The molecule has 1 saturated carbocycles. The first-order valence-electron chi connectivity index (χ1n) is 13.5. The second-order valence-corrected chi connectivity index (χ2v) is 11.5. The number of likely N-dealkylation sites (tertiary alicyclic amines) is 1. The lowest BCUT2D eigenvalue weighted by molar-refractivity contribution is -0.141. The number of aryl methyl sites for hydroxylation is 1. The van der Waals surface area contributed by atoms with Gasteiger partial charge in [-0.3, -0.25) is 9.59 Å². The van der Waals surface area contributed by atoms with E-state index in [4.69, 9.17) is 0 Å². The molecule has 2 aliphatic rings. The quantitative estimate of drug-likeness (QED) is 0.370. The summed E-state index contributed by atoms with van der Waals surface area (Å²) in [7, 11) is 0. The average Bonchev–Trinajstić information content (AvgIpc) is 3.65. The number of benzene rings is 1. The maximum atomic E-state index is 13.7. The number of hydrogen-bond acceptors (Lipinski definition) is 4. The van der Waals surface area contributed by atoms with Gasteiger partial charge < -0.3 is 14.7 Å². The topological polar surface area (TPSA) is 43.9 Å². The number of carbonyl (C=O) groups excluding carboxylic acids is 2. The maximum absolute atomic E-state index is 13.7. The highest BCUT2D eigenvalue weighted by atomic mass is 32.1. The highest BCUT2D eigenvalue weighted by molar-refractivity contribution is 7.10. The van der Waals surface area contributed by atoms with Crippen LogP contribution in [0.15, 0.2) is 35.7 Å². The maximum Gasteiger partial charge on any atom is 0.242 e. The van der Waals surface area contributed by atoms with Crippen LogP contribution in [0, 0.1) is 18.7 Å². The number of halogens is 1. The number of carbonyl (C=O) groups is 2. The number of rotatable bonds is 12. The van der Waals surface area contributed by atoms with Crippen molar-refractivity contribution in [2.75, 3.05) is 32.7 Å². The normalized spacial score (nSPS) is 16.5. The molecule has 0 unspecified atom stereocenters. The molecule has 1 aromatic heterocycles. The van der Waals surface area contributed by atoms with Crippen molar-refractivity contribution >= 4 is 23.2 Å². The van der Waals surface area contributed by atoms with Gasteiger partial charge in [-0.2, -0.15) is 0 Å². The predicted molar refractivity (Wildman–Crippen MR) is 143 cm³/mol. The first kappa shape index (κ1) is 26.8. The number of nitrogens with zero attached hydrogens (tertiary/aromatic N) is 3. The predicted octanol–water partition coefficient (Wildman–Crippen LogP) is 5.62. The first-order valence-corrected chi connectivity index (χ1v) is 14.4. The van der Waals surface area contributed by atoms with E-state index in [1.54, 1.807) is 28.4 Å². The summed E-state index contributed by atoms with van der Waals surface area (Å²) >= 11 is 1.64. The van der Waals surface area contributed by atoms with Gasteiger partial charge in [0.15, 0.2) is 0 Å². The van der Waals surface area contributed by atoms with Gasteiger partial charge in [-0.15, -0.1) is 11.3 Å². The van der Waals surface area contributed by atoms with E-state index in [-0.39, 0.29) is 24.2 Å². The molecular weight excluding hydrogens is 473 g/mol. The standard InChI is InChI=1S/C29H40FN3O2S/c1-23-14-19-36-27(23)21-33(20-25-8-11-26(30)12-9-25)29(35)22-32(18-17-31-15-4-5-16-31)28(34)13-10-24-6-2-3-7-24/h8-9,11-12,14,19,24H,2-7,10,13,15-18,20-22H2,1H3.